The SMILES string of the molecule is C[C@@H](O)[C@@H](C)SCc1nc(N)c2ccccc2n1. The maximum absolute atomic E-state index is 9.44. The van der Waals surface area contributed by atoms with Crippen molar-refractivity contribution in [2.75, 3.05) is 5.73 Å². The third kappa shape index (κ3) is 2.91. The average Bonchev–Trinajstić information content (AvgIpc) is 2.36. The van der Waals surface area contributed by atoms with Crippen molar-refractivity contribution in [3.05, 3.63) is 30.1 Å². The highest BCUT2D eigenvalue weighted by Crippen LogP contribution is 2.22. The second kappa shape index (κ2) is 5.54. The Kier molecular flexibility index (Phi) is 4.04. The summed E-state index contributed by atoms with van der Waals surface area (Å²) in [5.41, 5.74) is 6.78. The monoisotopic (exact) mass is 263 g/mol. The number of hydrogen-bond donors (Lipinski definition) is 2. The van der Waals surface area contributed by atoms with Gasteiger partial charge in [-0.3, -0.25) is 0 Å². The molecule has 96 valence electrons. The van der Waals surface area contributed by atoms with Crippen molar-refractivity contribution in [3.8, 4) is 0 Å². The third-order valence-corrected chi connectivity index (χ3v) is 4.18. The summed E-state index contributed by atoms with van der Waals surface area (Å²) in [5, 5.41) is 10.5. The number of aliphatic hydroxyl groups excluding tert-OH is 1. The molecule has 2 rings (SSSR count). The smallest absolute Gasteiger partial charge is 0.141 e. The van der Waals surface area contributed by atoms with Gasteiger partial charge in [-0.15, -0.1) is 11.8 Å². The van der Waals surface area contributed by atoms with Gasteiger partial charge in [-0.2, -0.15) is 0 Å². The Morgan fingerprint density at radius 1 is 1.28 bits per heavy atom. The van der Waals surface area contributed by atoms with E-state index in [2.05, 4.69) is 9.97 Å². The largest absolute Gasteiger partial charge is 0.392 e. The third-order valence-electron chi connectivity index (χ3n) is 2.83. The second-order valence-corrected chi connectivity index (χ2v) is 5.66. The number of benzene rings is 1. The Labute approximate surface area is 111 Å². The van der Waals surface area contributed by atoms with Crippen LogP contribution >= 0.6 is 11.8 Å². The second-order valence-electron chi connectivity index (χ2n) is 4.30. The van der Waals surface area contributed by atoms with E-state index in [0.29, 0.717) is 17.4 Å². The Balaban J connectivity index is 2.19. The lowest BCUT2D eigenvalue weighted by molar-refractivity contribution is 0.196. The number of nitrogens with two attached hydrogens (primary N) is 1. The predicted molar refractivity (Wildman–Crippen MR) is 76.4 cm³/mol. The van der Waals surface area contributed by atoms with Crippen LogP contribution in [0.25, 0.3) is 10.9 Å². The highest BCUT2D eigenvalue weighted by atomic mass is 32.2. The Bertz CT molecular complexity index is 545. The van der Waals surface area contributed by atoms with Crippen LogP contribution < -0.4 is 5.73 Å². The number of fused-ring (bicyclic) bond motifs is 1. The standard InChI is InChI=1S/C13H17N3OS/c1-8(17)9(2)18-7-12-15-11-6-4-3-5-10(11)13(14)16-12/h3-6,8-9,17H,7H2,1-2H3,(H2,14,15,16)/t8-,9-/m1/s1. The van der Waals surface area contributed by atoms with Crippen molar-refractivity contribution < 1.29 is 5.11 Å². The van der Waals surface area contributed by atoms with E-state index in [1.165, 1.54) is 0 Å². The van der Waals surface area contributed by atoms with E-state index in [0.717, 1.165) is 10.9 Å². The molecule has 0 amide bonds. The molecule has 0 saturated heterocycles. The molecule has 0 aliphatic carbocycles. The summed E-state index contributed by atoms with van der Waals surface area (Å²) < 4.78 is 0. The highest BCUT2D eigenvalue weighted by molar-refractivity contribution is 7.99. The number of aromatic nitrogens is 2. The van der Waals surface area contributed by atoms with E-state index in [9.17, 15) is 5.11 Å². The molecule has 2 aromatic rings. The summed E-state index contributed by atoms with van der Waals surface area (Å²) in [6.45, 7) is 3.77. The van der Waals surface area contributed by atoms with Crippen LogP contribution in [0.2, 0.25) is 0 Å². The number of hydrogen-bond acceptors (Lipinski definition) is 5. The van der Waals surface area contributed by atoms with Crippen molar-refractivity contribution in [1.29, 1.82) is 0 Å². The molecule has 1 heterocycles. The van der Waals surface area contributed by atoms with Crippen LogP contribution in [0.5, 0.6) is 0 Å². The van der Waals surface area contributed by atoms with Gasteiger partial charge in [0.25, 0.3) is 0 Å². The molecule has 0 radical (unpaired) electrons. The van der Waals surface area contributed by atoms with E-state index in [-0.39, 0.29) is 11.4 Å². The molecular weight excluding hydrogens is 246 g/mol. The topological polar surface area (TPSA) is 72.0 Å². The maximum atomic E-state index is 9.44. The molecule has 5 heteroatoms. The molecule has 0 bridgehead atoms. The molecular formula is C13H17N3OS. The lowest BCUT2D eigenvalue weighted by Gasteiger charge is -2.13. The van der Waals surface area contributed by atoms with Gasteiger partial charge in [-0.1, -0.05) is 19.1 Å². The zero-order valence-electron chi connectivity index (χ0n) is 10.5. The van der Waals surface area contributed by atoms with Crippen LogP contribution in [-0.2, 0) is 5.75 Å². The van der Waals surface area contributed by atoms with Gasteiger partial charge in [0.05, 0.1) is 17.4 Å². The summed E-state index contributed by atoms with van der Waals surface area (Å²) in [4.78, 5) is 8.77. The predicted octanol–water partition coefficient (Wildman–Crippen LogP) is 2.21. The molecule has 0 spiro atoms. The fourth-order valence-electron chi connectivity index (χ4n) is 1.56. The number of anilines is 1. The molecule has 3 N–H and O–H groups in total. The van der Waals surface area contributed by atoms with E-state index in [4.69, 9.17) is 5.73 Å². The minimum atomic E-state index is -0.340. The number of aliphatic hydroxyl groups is 1. The van der Waals surface area contributed by atoms with E-state index < -0.39 is 0 Å². The molecule has 18 heavy (non-hydrogen) atoms. The van der Waals surface area contributed by atoms with E-state index >= 15 is 0 Å². The molecule has 0 unspecified atom stereocenters. The van der Waals surface area contributed by atoms with Gasteiger partial charge in [-0.25, -0.2) is 9.97 Å². The number of nitrogens with zero attached hydrogens (tertiary/aromatic N) is 2. The lowest BCUT2D eigenvalue weighted by Crippen LogP contribution is -2.15. The molecule has 1 aromatic heterocycles. The first-order chi connectivity index (χ1) is 8.58. The van der Waals surface area contributed by atoms with Crippen LogP contribution in [0.4, 0.5) is 5.82 Å². The van der Waals surface area contributed by atoms with Gasteiger partial charge in [0.15, 0.2) is 0 Å². The summed E-state index contributed by atoms with van der Waals surface area (Å²) in [7, 11) is 0. The summed E-state index contributed by atoms with van der Waals surface area (Å²) in [6, 6.07) is 7.70. The van der Waals surface area contributed by atoms with Crippen molar-refractivity contribution in [2.24, 2.45) is 0 Å². The first-order valence-corrected chi connectivity index (χ1v) is 6.93. The van der Waals surface area contributed by atoms with Crippen molar-refractivity contribution in [1.82, 2.24) is 9.97 Å². The van der Waals surface area contributed by atoms with Gasteiger partial charge in [-0.05, 0) is 19.1 Å². The summed E-state index contributed by atoms with van der Waals surface area (Å²) in [5.74, 6) is 1.88. The van der Waals surface area contributed by atoms with Crippen LogP contribution in [-0.4, -0.2) is 26.4 Å². The lowest BCUT2D eigenvalue weighted by atomic mass is 10.2. The Morgan fingerprint density at radius 3 is 2.72 bits per heavy atom. The number of rotatable bonds is 4. The summed E-state index contributed by atoms with van der Waals surface area (Å²) in [6.07, 6.45) is -0.340. The Morgan fingerprint density at radius 2 is 2.00 bits per heavy atom. The normalized spacial score (nSPS) is 14.6. The molecule has 0 saturated carbocycles. The first kappa shape index (κ1) is 13.1. The van der Waals surface area contributed by atoms with Crippen LogP contribution in [0.1, 0.15) is 19.7 Å². The molecule has 2 atom stereocenters. The number of nitrogen functional groups attached to an aromatic ring is 1. The van der Waals surface area contributed by atoms with E-state index in [1.54, 1.807) is 18.7 Å². The number of thioether (sulfide) groups is 1. The minimum absolute atomic E-state index is 0.154. The highest BCUT2D eigenvalue weighted by Gasteiger charge is 2.11. The van der Waals surface area contributed by atoms with Crippen molar-refractivity contribution >= 4 is 28.5 Å². The zero-order valence-corrected chi connectivity index (χ0v) is 11.3. The minimum Gasteiger partial charge on any atom is -0.392 e. The van der Waals surface area contributed by atoms with Gasteiger partial charge >= 0.3 is 0 Å². The van der Waals surface area contributed by atoms with Crippen LogP contribution in [0.3, 0.4) is 0 Å². The van der Waals surface area contributed by atoms with Crippen LogP contribution in [0, 0.1) is 0 Å². The molecule has 0 fully saturated rings. The summed E-state index contributed by atoms with van der Waals surface area (Å²) >= 11 is 1.62. The van der Waals surface area contributed by atoms with Gasteiger partial charge in [0, 0.05) is 10.6 Å². The molecule has 0 aliphatic heterocycles. The average molecular weight is 263 g/mol. The molecule has 1 aromatic carbocycles. The van der Waals surface area contributed by atoms with E-state index in [1.807, 2.05) is 31.2 Å². The zero-order chi connectivity index (χ0) is 13.1. The maximum Gasteiger partial charge on any atom is 0.141 e. The van der Waals surface area contributed by atoms with Crippen LogP contribution in [0.15, 0.2) is 24.3 Å². The van der Waals surface area contributed by atoms with Crippen molar-refractivity contribution in [3.63, 3.8) is 0 Å². The van der Waals surface area contributed by atoms with Gasteiger partial charge in [0.2, 0.25) is 0 Å². The fourth-order valence-corrected chi connectivity index (χ4v) is 2.38. The van der Waals surface area contributed by atoms with Gasteiger partial charge < -0.3 is 10.8 Å². The Hall–Kier alpha value is -1.33. The molecule has 0 aliphatic rings. The number of para-hydroxylation sites is 1. The molecule has 4 nitrogen and oxygen atoms in total. The fraction of sp³-hybridized carbons (Fsp3) is 0.385. The van der Waals surface area contributed by atoms with Crippen molar-refractivity contribution in [2.45, 2.75) is 31.0 Å². The van der Waals surface area contributed by atoms with Gasteiger partial charge in [0.1, 0.15) is 11.6 Å². The first-order valence-electron chi connectivity index (χ1n) is 5.88. The quantitative estimate of drug-likeness (QED) is 0.885.